The minimum atomic E-state index is -1.63. The maximum Gasteiger partial charge on any atom is 0.194 e. The van der Waals surface area contributed by atoms with Gasteiger partial charge in [0.25, 0.3) is 0 Å². The molecule has 3 aromatic rings. The van der Waals surface area contributed by atoms with Crippen LogP contribution in [0.3, 0.4) is 0 Å². The Morgan fingerprint density at radius 1 is 1.12 bits per heavy atom. The molecule has 214 valence electrons. The molecule has 2 aliphatic rings. The number of aromatic nitrogens is 3. The quantitative estimate of drug-likeness (QED) is 0.323. The molecule has 0 bridgehead atoms. The van der Waals surface area contributed by atoms with Crippen LogP contribution in [0, 0.1) is 17.5 Å². The lowest BCUT2D eigenvalue weighted by molar-refractivity contribution is -0.234. The van der Waals surface area contributed by atoms with E-state index in [-0.39, 0.29) is 30.1 Å². The molecule has 2 fully saturated rings. The molecule has 3 N–H and O–H groups in total. The van der Waals surface area contributed by atoms with Gasteiger partial charge < -0.3 is 24.8 Å². The van der Waals surface area contributed by atoms with E-state index < -0.39 is 60.6 Å². The van der Waals surface area contributed by atoms with Gasteiger partial charge in [0.05, 0.1) is 19.4 Å². The Morgan fingerprint density at radius 3 is 2.40 bits per heavy atom. The van der Waals surface area contributed by atoms with Crippen LogP contribution < -0.4 is 0 Å². The predicted octanol–water partition coefficient (Wildman–Crippen LogP) is 2.83. The average molecular weight is 562 g/mol. The smallest absolute Gasteiger partial charge is 0.194 e. The predicted molar refractivity (Wildman–Crippen MR) is 134 cm³/mol. The summed E-state index contributed by atoms with van der Waals surface area (Å²) in [5.74, 6) is -4.24. The minimum absolute atomic E-state index is 0.0557. The number of aliphatic hydroxyl groups excluding tert-OH is 3. The van der Waals surface area contributed by atoms with Gasteiger partial charge in [0.15, 0.2) is 23.2 Å². The van der Waals surface area contributed by atoms with Crippen LogP contribution in [0.4, 0.5) is 13.2 Å². The lowest BCUT2D eigenvalue weighted by Crippen LogP contribution is -2.60. The Hall–Kier alpha value is -3.16. The van der Waals surface area contributed by atoms with Gasteiger partial charge in [0.1, 0.15) is 42.3 Å². The fourth-order valence-corrected chi connectivity index (χ4v) is 5.01. The number of nitrogens with zero attached hydrogens (tertiary/aromatic N) is 3. The lowest BCUT2D eigenvalue weighted by atomic mass is 9.88. The second kappa shape index (κ2) is 11.8. The van der Waals surface area contributed by atoms with E-state index in [1.54, 1.807) is 6.92 Å². The fourth-order valence-electron chi connectivity index (χ4n) is 5.01. The first-order valence-electron chi connectivity index (χ1n) is 13.1. The van der Waals surface area contributed by atoms with Crippen molar-refractivity contribution in [3.63, 3.8) is 0 Å². The second-order valence-electron chi connectivity index (χ2n) is 10.2. The maximum atomic E-state index is 13.8. The number of carbonyl (C=O) groups is 1. The highest BCUT2D eigenvalue weighted by Gasteiger charge is 2.50. The number of carbonyl (C=O) groups excluding carboxylic acids is 1. The van der Waals surface area contributed by atoms with Gasteiger partial charge in [0.2, 0.25) is 0 Å². The summed E-state index contributed by atoms with van der Waals surface area (Å²) in [6.45, 7) is 1.05. The molecule has 2 aromatic carbocycles. The first-order valence-corrected chi connectivity index (χ1v) is 13.1. The summed E-state index contributed by atoms with van der Waals surface area (Å²) in [5, 5.41) is 39.9. The highest BCUT2D eigenvalue weighted by Crippen LogP contribution is 2.40. The third-order valence-electron chi connectivity index (χ3n) is 7.45. The molecule has 1 saturated heterocycles. The molecule has 1 aromatic heterocycles. The summed E-state index contributed by atoms with van der Waals surface area (Å²) in [6.07, 6.45) is -3.20. The fraction of sp³-hybridized carbons (Fsp3) is 0.464. The summed E-state index contributed by atoms with van der Waals surface area (Å²) in [5.41, 5.74) is 1.88. The van der Waals surface area contributed by atoms with Crippen molar-refractivity contribution in [3.05, 3.63) is 71.2 Å². The molecule has 1 saturated carbocycles. The van der Waals surface area contributed by atoms with Gasteiger partial charge in [0, 0.05) is 12.0 Å². The summed E-state index contributed by atoms with van der Waals surface area (Å²) in [6, 6.07) is 8.08. The molecule has 9 nitrogen and oxygen atoms in total. The van der Waals surface area contributed by atoms with E-state index in [2.05, 4.69) is 10.3 Å². The van der Waals surface area contributed by atoms with E-state index in [1.165, 1.54) is 24.6 Å². The normalized spacial score (nSPS) is 25.6. The van der Waals surface area contributed by atoms with Gasteiger partial charge >= 0.3 is 0 Å². The van der Waals surface area contributed by atoms with Crippen LogP contribution in [0.5, 0.6) is 0 Å². The van der Waals surface area contributed by atoms with Crippen LogP contribution in [0.15, 0.2) is 42.6 Å². The van der Waals surface area contributed by atoms with Crippen LogP contribution in [-0.2, 0) is 20.9 Å². The molecule has 6 atom stereocenters. The topological polar surface area (TPSA) is 127 Å². The molecule has 40 heavy (non-hydrogen) atoms. The van der Waals surface area contributed by atoms with Crippen molar-refractivity contribution in [3.8, 4) is 11.3 Å². The molecule has 1 aliphatic heterocycles. The van der Waals surface area contributed by atoms with Crippen molar-refractivity contribution in [1.29, 1.82) is 0 Å². The van der Waals surface area contributed by atoms with Crippen LogP contribution in [0.25, 0.3) is 11.3 Å². The Morgan fingerprint density at radius 2 is 1.80 bits per heavy atom. The molecule has 2 unspecified atom stereocenters. The lowest BCUT2D eigenvalue weighted by Gasteiger charge is -2.44. The molecule has 1 aliphatic carbocycles. The molecule has 0 amide bonds. The number of ketones is 1. The highest BCUT2D eigenvalue weighted by atomic mass is 19.2. The van der Waals surface area contributed by atoms with E-state index in [9.17, 15) is 33.3 Å². The zero-order valence-corrected chi connectivity index (χ0v) is 21.7. The van der Waals surface area contributed by atoms with E-state index in [1.807, 2.05) is 24.3 Å². The minimum Gasteiger partial charge on any atom is -0.394 e. The van der Waals surface area contributed by atoms with Crippen molar-refractivity contribution in [2.75, 3.05) is 6.61 Å². The van der Waals surface area contributed by atoms with E-state index in [4.69, 9.17) is 9.47 Å². The van der Waals surface area contributed by atoms with Crippen LogP contribution in [0.1, 0.15) is 49.3 Å². The van der Waals surface area contributed by atoms with Crippen LogP contribution in [-0.4, -0.2) is 73.2 Å². The first kappa shape index (κ1) is 28.4. The number of ether oxygens (including phenoxy) is 2. The van der Waals surface area contributed by atoms with Crippen LogP contribution in [0.2, 0.25) is 0 Å². The van der Waals surface area contributed by atoms with E-state index >= 15 is 0 Å². The molecule has 0 spiro atoms. The van der Waals surface area contributed by atoms with Crippen molar-refractivity contribution >= 4 is 5.78 Å². The van der Waals surface area contributed by atoms with Crippen molar-refractivity contribution < 1.29 is 42.8 Å². The van der Waals surface area contributed by atoms with Crippen molar-refractivity contribution in [1.82, 2.24) is 15.0 Å². The monoisotopic (exact) mass is 561 g/mol. The number of benzene rings is 2. The van der Waals surface area contributed by atoms with Gasteiger partial charge in [-0.05, 0) is 42.0 Å². The summed E-state index contributed by atoms with van der Waals surface area (Å²) < 4.78 is 53.8. The molecular weight excluding hydrogens is 531 g/mol. The second-order valence-corrected chi connectivity index (χ2v) is 10.2. The number of aliphatic hydroxyl groups is 3. The van der Waals surface area contributed by atoms with Gasteiger partial charge in [-0.25, -0.2) is 17.9 Å². The number of Topliss-reactive ketones (excluding diaryl/α,β-unsaturated/α-hetero) is 1. The summed E-state index contributed by atoms with van der Waals surface area (Å²) >= 11 is 0. The molecular formula is C28H30F3N3O6. The zero-order chi connectivity index (χ0) is 28.6. The van der Waals surface area contributed by atoms with Crippen molar-refractivity contribution in [2.45, 2.75) is 75.3 Å². The van der Waals surface area contributed by atoms with Gasteiger partial charge in [-0.15, -0.1) is 5.10 Å². The third kappa shape index (κ3) is 5.68. The highest BCUT2D eigenvalue weighted by molar-refractivity contribution is 5.83. The Bertz CT molecular complexity index is 1330. The summed E-state index contributed by atoms with van der Waals surface area (Å²) in [4.78, 5) is 13.0. The Balaban J connectivity index is 1.39. The van der Waals surface area contributed by atoms with Gasteiger partial charge in [-0.3, -0.25) is 4.79 Å². The largest absolute Gasteiger partial charge is 0.394 e. The van der Waals surface area contributed by atoms with Gasteiger partial charge in [-0.2, -0.15) is 0 Å². The number of halogens is 3. The number of hydrogen-bond acceptors (Lipinski definition) is 8. The molecule has 12 heteroatoms. The number of rotatable bonds is 10. The summed E-state index contributed by atoms with van der Waals surface area (Å²) in [7, 11) is 0. The van der Waals surface area contributed by atoms with E-state index in [0.717, 1.165) is 22.4 Å². The zero-order valence-electron chi connectivity index (χ0n) is 21.7. The third-order valence-corrected chi connectivity index (χ3v) is 7.45. The standard InChI is InChI=1S/C28H30F3N3O6/c1-2-21(36)27(39-13-14-3-5-15(6-4-14)16-7-8-16)28-26(38)24(25(37)22(12-35)40-28)34-11-20(32-33-34)17-9-18(29)23(31)19(30)10-17/h3-6,9-11,16,22,24-28,35,37-38H,2,7-8,12-13H2,1H3/t22?,24-,25-,26?,27+,28+/m0/s1. The van der Waals surface area contributed by atoms with E-state index in [0.29, 0.717) is 5.92 Å². The molecule has 2 heterocycles. The molecule has 0 radical (unpaired) electrons. The SMILES string of the molecule is CCC(=O)[C@@H](OCc1ccc(C2CC2)cc1)[C@@H]1OC(CO)[C@H](O)[C@H](n2cc(-c3cc(F)c(F)c(F)c3)nn2)C1O. The maximum absolute atomic E-state index is 13.8. The Kier molecular flexibility index (Phi) is 8.34. The Labute approximate surface area is 228 Å². The van der Waals surface area contributed by atoms with Crippen molar-refractivity contribution in [2.24, 2.45) is 0 Å². The molecule has 5 rings (SSSR count). The van der Waals surface area contributed by atoms with Crippen LogP contribution >= 0.6 is 0 Å². The first-order chi connectivity index (χ1) is 19.2. The number of hydrogen-bond donors (Lipinski definition) is 3. The average Bonchev–Trinajstić information content (AvgIpc) is 3.69. The van der Waals surface area contributed by atoms with Gasteiger partial charge in [-0.1, -0.05) is 36.4 Å².